The molecule has 0 spiro atoms. The number of aromatic nitrogens is 2. The van der Waals surface area contributed by atoms with Gasteiger partial charge in [-0.1, -0.05) is 60.7 Å². The number of piperidine rings is 1. The first-order valence-electron chi connectivity index (χ1n) is 9.20. The molecule has 0 bridgehead atoms. The number of likely N-dealkylation sites (tertiary alicyclic amines) is 1. The smallest absolute Gasteiger partial charge is 0.267 e. The van der Waals surface area contributed by atoms with Crippen LogP contribution in [0.2, 0.25) is 0 Å². The average molecular weight is 345 g/mol. The van der Waals surface area contributed by atoms with E-state index < -0.39 is 0 Å². The van der Waals surface area contributed by atoms with Gasteiger partial charge in [-0.2, -0.15) is 5.10 Å². The Balaban J connectivity index is 1.42. The van der Waals surface area contributed by atoms with Crippen LogP contribution in [0.3, 0.4) is 0 Å². The normalized spacial score (nSPS) is 15.8. The van der Waals surface area contributed by atoms with Crippen molar-refractivity contribution >= 4 is 0 Å². The number of hydrogen-bond donors (Lipinski definition) is 0. The number of benzene rings is 2. The Morgan fingerprint density at radius 2 is 1.54 bits per heavy atom. The SMILES string of the molecule is O=c1cc(-c2ccccc2)cnn1C1CCN(Cc2ccccc2)CC1. The van der Waals surface area contributed by atoms with Crippen LogP contribution < -0.4 is 5.56 Å². The van der Waals surface area contributed by atoms with Crippen molar-refractivity contribution in [1.29, 1.82) is 0 Å². The second-order valence-electron chi connectivity index (χ2n) is 6.89. The molecule has 26 heavy (non-hydrogen) atoms. The van der Waals surface area contributed by atoms with Crippen LogP contribution in [0.5, 0.6) is 0 Å². The third-order valence-corrected chi connectivity index (χ3v) is 5.09. The number of nitrogens with zero attached hydrogens (tertiary/aromatic N) is 3. The summed E-state index contributed by atoms with van der Waals surface area (Å²) in [5.74, 6) is 0. The van der Waals surface area contributed by atoms with E-state index in [1.54, 1.807) is 10.7 Å². The molecule has 1 fully saturated rings. The van der Waals surface area contributed by atoms with Crippen LogP contribution in [0.15, 0.2) is 77.7 Å². The van der Waals surface area contributed by atoms with Crippen molar-refractivity contribution in [1.82, 2.24) is 14.7 Å². The third kappa shape index (κ3) is 3.75. The Kier molecular flexibility index (Phi) is 4.93. The quantitative estimate of drug-likeness (QED) is 0.723. The van der Waals surface area contributed by atoms with E-state index in [0.717, 1.165) is 43.6 Å². The second kappa shape index (κ2) is 7.67. The Labute approximate surface area is 153 Å². The molecular weight excluding hydrogens is 322 g/mol. The van der Waals surface area contributed by atoms with Gasteiger partial charge in [-0.3, -0.25) is 9.69 Å². The van der Waals surface area contributed by atoms with Crippen LogP contribution in [0.4, 0.5) is 0 Å². The fraction of sp³-hybridized carbons (Fsp3) is 0.273. The van der Waals surface area contributed by atoms with E-state index in [9.17, 15) is 4.79 Å². The van der Waals surface area contributed by atoms with Crippen molar-refractivity contribution in [2.75, 3.05) is 13.1 Å². The molecule has 0 N–H and O–H groups in total. The van der Waals surface area contributed by atoms with Crippen molar-refractivity contribution in [3.8, 4) is 11.1 Å². The molecule has 1 aromatic heterocycles. The van der Waals surface area contributed by atoms with Gasteiger partial charge in [0.05, 0.1) is 12.2 Å². The molecule has 4 rings (SSSR count). The third-order valence-electron chi connectivity index (χ3n) is 5.09. The lowest BCUT2D eigenvalue weighted by Gasteiger charge is -2.32. The summed E-state index contributed by atoms with van der Waals surface area (Å²) in [6.07, 6.45) is 3.74. The molecule has 3 aromatic rings. The fourth-order valence-corrected chi connectivity index (χ4v) is 3.64. The van der Waals surface area contributed by atoms with E-state index in [4.69, 9.17) is 0 Å². The zero-order valence-electron chi connectivity index (χ0n) is 14.8. The summed E-state index contributed by atoms with van der Waals surface area (Å²) in [5, 5.41) is 4.47. The summed E-state index contributed by atoms with van der Waals surface area (Å²) in [7, 11) is 0. The van der Waals surface area contributed by atoms with Crippen molar-refractivity contribution in [2.45, 2.75) is 25.4 Å². The van der Waals surface area contributed by atoms with Gasteiger partial charge in [-0.15, -0.1) is 0 Å². The van der Waals surface area contributed by atoms with E-state index in [1.807, 2.05) is 42.6 Å². The van der Waals surface area contributed by atoms with Crippen LogP contribution in [0, 0.1) is 0 Å². The maximum Gasteiger partial charge on any atom is 0.267 e. The first-order valence-corrected chi connectivity index (χ1v) is 9.20. The van der Waals surface area contributed by atoms with Gasteiger partial charge in [-0.25, -0.2) is 4.68 Å². The highest BCUT2D eigenvalue weighted by Crippen LogP contribution is 2.22. The minimum absolute atomic E-state index is 0.00661. The largest absolute Gasteiger partial charge is 0.299 e. The Morgan fingerprint density at radius 1 is 0.885 bits per heavy atom. The van der Waals surface area contributed by atoms with Gasteiger partial charge in [-0.05, 0) is 24.0 Å². The standard InChI is InChI=1S/C22H23N3O/c26-22-15-20(19-9-5-2-6-10-19)16-23-25(22)21-11-13-24(14-12-21)17-18-7-3-1-4-8-18/h1-10,15-16,21H,11-14,17H2. The Bertz CT molecular complexity index is 897. The van der Waals surface area contributed by atoms with Crippen LogP contribution >= 0.6 is 0 Å². The molecule has 1 aliphatic heterocycles. The highest BCUT2D eigenvalue weighted by Gasteiger charge is 2.22. The van der Waals surface area contributed by atoms with Crippen molar-refractivity contribution in [3.63, 3.8) is 0 Å². The van der Waals surface area contributed by atoms with Crippen LogP contribution in [0.1, 0.15) is 24.4 Å². The lowest BCUT2D eigenvalue weighted by Crippen LogP contribution is -2.37. The number of hydrogen-bond acceptors (Lipinski definition) is 3. The van der Waals surface area contributed by atoms with Gasteiger partial charge >= 0.3 is 0 Å². The highest BCUT2D eigenvalue weighted by molar-refractivity contribution is 5.61. The fourth-order valence-electron chi connectivity index (χ4n) is 3.64. The first kappa shape index (κ1) is 16.7. The summed E-state index contributed by atoms with van der Waals surface area (Å²) >= 11 is 0. The molecule has 0 aliphatic carbocycles. The van der Waals surface area contributed by atoms with Crippen molar-refractivity contribution in [2.24, 2.45) is 0 Å². The van der Waals surface area contributed by atoms with E-state index in [1.165, 1.54) is 5.56 Å². The number of rotatable bonds is 4. The first-order chi connectivity index (χ1) is 12.8. The molecule has 0 unspecified atom stereocenters. The highest BCUT2D eigenvalue weighted by atomic mass is 16.1. The van der Waals surface area contributed by atoms with Crippen molar-refractivity contribution < 1.29 is 0 Å². The Hall–Kier alpha value is -2.72. The summed E-state index contributed by atoms with van der Waals surface area (Å²) < 4.78 is 1.67. The molecule has 2 aromatic carbocycles. The lowest BCUT2D eigenvalue weighted by molar-refractivity contribution is 0.170. The van der Waals surface area contributed by atoms with Crippen LogP contribution in [-0.2, 0) is 6.54 Å². The molecule has 132 valence electrons. The monoisotopic (exact) mass is 345 g/mol. The molecule has 4 heteroatoms. The predicted octanol–water partition coefficient (Wildman–Crippen LogP) is 3.75. The summed E-state index contributed by atoms with van der Waals surface area (Å²) in [6, 6.07) is 22.4. The average Bonchev–Trinajstić information content (AvgIpc) is 2.70. The zero-order chi connectivity index (χ0) is 17.8. The maximum atomic E-state index is 12.6. The Morgan fingerprint density at radius 3 is 2.19 bits per heavy atom. The maximum absolute atomic E-state index is 12.6. The molecule has 1 aliphatic rings. The van der Waals surface area contributed by atoms with E-state index in [-0.39, 0.29) is 11.6 Å². The van der Waals surface area contributed by atoms with Gasteiger partial charge in [0.2, 0.25) is 0 Å². The second-order valence-corrected chi connectivity index (χ2v) is 6.89. The van der Waals surface area contributed by atoms with E-state index in [0.29, 0.717) is 0 Å². The molecule has 0 radical (unpaired) electrons. The summed E-state index contributed by atoms with van der Waals surface area (Å²) in [5.41, 5.74) is 3.25. The summed E-state index contributed by atoms with van der Waals surface area (Å²) in [4.78, 5) is 15.0. The molecule has 1 saturated heterocycles. The molecule has 4 nitrogen and oxygen atoms in total. The van der Waals surface area contributed by atoms with Gasteiger partial charge in [0.1, 0.15) is 0 Å². The zero-order valence-corrected chi connectivity index (χ0v) is 14.8. The van der Waals surface area contributed by atoms with E-state index in [2.05, 4.69) is 34.3 Å². The van der Waals surface area contributed by atoms with Crippen LogP contribution in [0.25, 0.3) is 11.1 Å². The molecular formula is C22H23N3O. The molecule has 0 atom stereocenters. The van der Waals surface area contributed by atoms with Gasteiger partial charge in [0, 0.05) is 31.3 Å². The summed E-state index contributed by atoms with van der Waals surface area (Å²) in [6.45, 7) is 2.96. The minimum atomic E-state index is -0.00661. The lowest BCUT2D eigenvalue weighted by atomic mass is 10.0. The topological polar surface area (TPSA) is 38.1 Å². The van der Waals surface area contributed by atoms with E-state index >= 15 is 0 Å². The molecule has 2 heterocycles. The van der Waals surface area contributed by atoms with Crippen molar-refractivity contribution in [3.05, 3.63) is 88.8 Å². The van der Waals surface area contributed by atoms with Gasteiger partial charge < -0.3 is 0 Å². The predicted molar refractivity (Wildman–Crippen MR) is 104 cm³/mol. The molecule has 0 amide bonds. The van der Waals surface area contributed by atoms with Gasteiger partial charge in [0.25, 0.3) is 5.56 Å². The van der Waals surface area contributed by atoms with Gasteiger partial charge in [0.15, 0.2) is 0 Å². The molecule has 0 saturated carbocycles. The van der Waals surface area contributed by atoms with Crippen LogP contribution in [-0.4, -0.2) is 27.8 Å². The minimum Gasteiger partial charge on any atom is -0.299 e.